The molecule has 1 heterocycles. The van der Waals surface area contributed by atoms with Gasteiger partial charge < -0.3 is 4.42 Å². The first-order chi connectivity index (χ1) is 11.1. The maximum absolute atomic E-state index is 5.86. The molecule has 2 aromatic carbocycles. The van der Waals surface area contributed by atoms with Crippen LogP contribution in [0.4, 0.5) is 0 Å². The zero-order chi connectivity index (χ0) is 16.2. The van der Waals surface area contributed by atoms with Crippen LogP contribution in [0.3, 0.4) is 0 Å². The summed E-state index contributed by atoms with van der Waals surface area (Å²) < 4.78 is 5.86. The molecular weight excluding hydrogens is 286 g/mol. The summed E-state index contributed by atoms with van der Waals surface area (Å²) in [4.78, 5) is 2.21. The molecule has 0 aliphatic rings. The number of benzene rings is 2. The van der Waals surface area contributed by atoms with Crippen LogP contribution in [0.5, 0.6) is 0 Å². The fourth-order valence-corrected chi connectivity index (χ4v) is 2.48. The van der Waals surface area contributed by atoms with Crippen LogP contribution in [0.1, 0.15) is 30.0 Å². The summed E-state index contributed by atoms with van der Waals surface area (Å²) in [6.07, 6.45) is 0. The lowest BCUT2D eigenvalue weighted by atomic mass is 10.1. The van der Waals surface area contributed by atoms with Gasteiger partial charge in [-0.25, -0.2) is 0 Å². The fourth-order valence-electron chi connectivity index (χ4n) is 2.48. The maximum Gasteiger partial charge on any atom is 0.247 e. The van der Waals surface area contributed by atoms with Crippen LogP contribution >= 0.6 is 0 Å². The zero-order valence-corrected chi connectivity index (χ0v) is 13.7. The second kappa shape index (κ2) is 6.75. The summed E-state index contributed by atoms with van der Waals surface area (Å²) in [6, 6.07) is 18.3. The van der Waals surface area contributed by atoms with Crippen molar-refractivity contribution in [3.05, 3.63) is 71.6 Å². The number of aromatic nitrogens is 2. The third kappa shape index (κ3) is 3.48. The number of hydrogen-bond donors (Lipinski definition) is 0. The summed E-state index contributed by atoms with van der Waals surface area (Å²) >= 11 is 0. The minimum Gasteiger partial charge on any atom is -0.419 e. The van der Waals surface area contributed by atoms with Crippen LogP contribution in [0, 0.1) is 6.92 Å². The van der Waals surface area contributed by atoms with Gasteiger partial charge in [-0.05, 0) is 44.2 Å². The van der Waals surface area contributed by atoms with Gasteiger partial charge in [-0.3, -0.25) is 4.90 Å². The van der Waals surface area contributed by atoms with E-state index < -0.39 is 0 Å². The van der Waals surface area contributed by atoms with Crippen molar-refractivity contribution >= 4 is 0 Å². The summed E-state index contributed by atoms with van der Waals surface area (Å²) in [6.45, 7) is 5.06. The first kappa shape index (κ1) is 15.4. The molecule has 1 unspecified atom stereocenters. The molecule has 0 fully saturated rings. The van der Waals surface area contributed by atoms with Crippen LogP contribution in [0.2, 0.25) is 0 Å². The van der Waals surface area contributed by atoms with E-state index in [0.717, 1.165) is 12.1 Å². The Kier molecular flexibility index (Phi) is 4.53. The van der Waals surface area contributed by atoms with Gasteiger partial charge in [0.2, 0.25) is 11.8 Å². The quantitative estimate of drug-likeness (QED) is 0.707. The maximum atomic E-state index is 5.86. The number of aryl methyl sites for hydroxylation is 1. The first-order valence-electron chi connectivity index (χ1n) is 7.78. The number of hydrogen-bond acceptors (Lipinski definition) is 4. The lowest BCUT2D eigenvalue weighted by Crippen LogP contribution is -2.22. The Bertz CT molecular complexity index is 767. The molecule has 4 nitrogen and oxygen atoms in total. The van der Waals surface area contributed by atoms with Crippen LogP contribution in [0.15, 0.2) is 59.0 Å². The molecule has 0 spiro atoms. The lowest BCUT2D eigenvalue weighted by molar-refractivity contribution is 0.217. The van der Waals surface area contributed by atoms with Crippen molar-refractivity contribution in [3.63, 3.8) is 0 Å². The largest absolute Gasteiger partial charge is 0.419 e. The van der Waals surface area contributed by atoms with Gasteiger partial charge in [0.05, 0.1) is 6.04 Å². The average molecular weight is 307 g/mol. The van der Waals surface area contributed by atoms with E-state index in [9.17, 15) is 0 Å². The highest BCUT2D eigenvalue weighted by molar-refractivity contribution is 5.51. The molecule has 0 radical (unpaired) electrons. The van der Waals surface area contributed by atoms with E-state index in [-0.39, 0.29) is 6.04 Å². The highest BCUT2D eigenvalue weighted by Gasteiger charge is 2.19. The topological polar surface area (TPSA) is 42.2 Å². The first-order valence-corrected chi connectivity index (χ1v) is 7.78. The van der Waals surface area contributed by atoms with Gasteiger partial charge in [0.15, 0.2) is 0 Å². The van der Waals surface area contributed by atoms with Crippen LogP contribution in [-0.4, -0.2) is 22.1 Å². The second-order valence-corrected chi connectivity index (χ2v) is 5.83. The molecule has 1 aromatic heterocycles. The minimum atomic E-state index is 0.0552. The minimum absolute atomic E-state index is 0.0552. The van der Waals surface area contributed by atoms with Gasteiger partial charge in [-0.1, -0.05) is 42.5 Å². The standard InChI is InChI=1S/C19H21N3O/c1-14-9-7-8-12-17(14)13-22(3)15(2)18-20-21-19(23-18)16-10-5-4-6-11-16/h4-12,15H,13H2,1-3H3. The van der Waals surface area contributed by atoms with Gasteiger partial charge in [-0.15, -0.1) is 10.2 Å². The Labute approximate surface area is 136 Å². The van der Waals surface area contributed by atoms with Gasteiger partial charge in [0, 0.05) is 12.1 Å². The SMILES string of the molecule is Cc1ccccc1CN(C)C(C)c1nnc(-c2ccccc2)o1. The molecule has 0 bridgehead atoms. The van der Waals surface area contributed by atoms with Crippen LogP contribution < -0.4 is 0 Å². The molecule has 1 atom stereocenters. The molecule has 3 aromatic rings. The van der Waals surface area contributed by atoms with E-state index in [1.165, 1.54) is 11.1 Å². The molecule has 0 amide bonds. The van der Waals surface area contributed by atoms with Crippen LogP contribution in [0.25, 0.3) is 11.5 Å². The Balaban J connectivity index is 1.74. The van der Waals surface area contributed by atoms with E-state index >= 15 is 0 Å². The van der Waals surface area contributed by atoms with E-state index in [4.69, 9.17) is 4.42 Å². The average Bonchev–Trinajstić information content (AvgIpc) is 3.07. The molecule has 0 saturated carbocycles. The molecule has 0 N–H and O–H groups in total. The molecule has 23 heavy (non-hydrogen) atoms. The highest BCUT2D eigenvalue weighted by atomic mass is 16.4. The van der Waals surface area contributed by atoms with Crippen molar-refractivity contribution in [1.29, 1.82) is 0 Å². The summed E-state index contributed by atoms with van der Waals surface area (Å²) in [7, 11) is 2.07. The Morgan fingerprint density at radius 1 is 1.00 bits per heavy atom. The molecule has 4 heteroatoms. The smallest absolute Gasteiger partial charge is 0.247 e. The zero-order valence-electron chi connectivity index (χ0n) is 13.7. The molecule has 0 saturated heterocycles. The third-order valence-corrected chi connectivity index (χ3v) is 4.16. The molecular formula is C19H21N3O. The highest BCUT2D eigenvalue weighted by Crippen LogP contribution is 2.24. The van der Waals surface area contributed by atoms with E-state index in [2.05, 4.69) is 60.3 Å². The van der Waals surface area contributed by atoms with E-state index in [1.54, 1.807) is 0 Å². The Morgan fingerprint density at radius 2 is 1.70 bits per heavy atom. The monoisotopic (exact) mass is 307 g/mol. The van der Waals surface area contributed by atoms with Crippen LogP contribution in [-0.2, 0) is 6.54 Å². The number of rotatable bonds is 5. The van der Waals surface area contributed by atoms with Crippen molar-refractivity contribution in [2.75, 3.05) is 7.05 Å². The Morgan fingerprint density at radius 3 is 2.43 bits per heavy atom. The van der Waals surface area contributed by atoms with E-state index in [0.29, 0.717) is 11.8 Å². The molecule has 0 aliphatic carbocycles. The number of nitrogens with zero attached hydrogens (tertiary/aromatic N) is 3. The lowest BCUT2D eigenvalue weighted by Gasteiger charge is -2.22. The van der Waals surface area contributed by atoms with Gasteiger partial charge in [0.1, 0.15) is 0 Å². The normalized spacial score (nSPS) is 12.5. The fraction of sp³-hybridized carbons (Fsp3) is 0.263. The second-order valence-electron chi connectivity index (χ2n) is 5.83. The Hall–Kier alpha value is -2.46. The summed E-state index contributed by atoms with van der Waals surface area (Å²) in [5.41, 5.74) is 3.55. The van der Waals surface area contributed by atoms with Crippen molar-refractivity contribution in [1.82, 2.24) is 15.1 Å². The predicted octanol–water partition coefficient (Wildman–Crippen LogP) is 4.24. The predicted molar refractivity (Wildman–Crippen MR) is 90.8 cm³/mol. The van der Waals surface area contributed by atoms with Crippen molar-refractivity contribution in [2.24, 2.45) is 0 Å². The van der Waals surface area contributed by atoms with Crippen molar-refractivity contribution in [2.45, 2.75) is 26.4 Å². The molecule has 118 valence electrons. The van der Waals surface area contributed by atoms with Gasteiger partial charge in [-0.2, -0.15) is 0 Å². The summed E-state index contributed by atoms with van der Waals surface area (Å²) in [5.74, 6) is 1.21. The van der Waals surface area contributed by atoms with Crippen molar-refractivity contribution < 1.29 is 4.42 Å². The molecule has 3 rings (SSSR count). The van der Waals surface area contributed by atoms with E-state index in [1.807, 2.05) is 30.3 Å². The third-order valence-electron chi connectivity index (χ3n) is 4.16. The van der Waals surface area contributed by atoms with Crippen molar-refractivity contribution in [3.8, 4) is 11.5 Å². The van der Waals surface area contributed by atoms with Gasteiger partial charge in [0.25, 0.3) is 0 Å². The van der Waals surface area contributed by atoms with Gasteiger partial charge >= 0.3 is 0 Å². The summed E-state index contributed by atoms with van der Waals surface area (Å²) in [5, 5.41) is 8.39. The molecule has 0 aliphatic heterocycles.